The molecule has 1 aromatic heterocycles. The predicted molar refractivity (Wildman–Crippen MR) is 69.3 cm³/mol. The summed E-state index contributed by atoms with van der Waals surface area (Å²) in [5, 5.41) is 0. The Bertz CT molecular complexity index is 644. The van der Waals surface area contributed by atoms with E-state index in [2.05, 4.69) is 9.97 Å². The third-order valence-corrected chi connectivity index (χ3v) is 2.67. The number of hydrogen-bond donors (Lipinski definition) is 2. The highest BCUT2D eigenvalue weighted by Gasteiger charge is 2.35. The Morgan fingerprint density at radius 1 is 1.19 bits per heavy atom. The number of nitrogen functional groups attached to an aromatic ring is 1. The van der Waals surface area contributed by atoms with E-state index in [9.17, 15) is 17.6 Å². The van der Waals surface area contributed by atoms with Gasteiger partial charge in [-0.1, -0.05) is 12.1 Å². The molecule has 0 aliphatic heterocycles. The minimum atomic E-state index is -4.74. The van der Waals surface area contributed by atoms with Gasteiger partial charge in [-0.2, -0.15) is 13.2 Å². The zero-order valence-corrected chi connectivity index (χ0v) is 10.8. The molecule has 0 bridgehead atoms. The molecule has 0 unspecified atom stereocenters. The van der Waals surface area contributed by atoms with Crippen LogP contribution in [-0.4, -0.2) is 17.0 Å². The lowest BCUT2D eigenvalue weighted by atomic mass is 10.3. The van der Waals surface area contributed by atoms with E-state index in [1.165, 1.54) is 36.2 Å². The van der Waals surface area contributed by atoms with Crippen molar-refractivity contribution in [1.29, 1.82) is 0 Å². The molecule has 0 saturated carbocycles. The van der Waals surface area contributed by atoms with Crippen LogP contribution in [-0.2, 0) is 6.18 Å². The van der Waals surface area contributed by atoms with Crippen LogP contribution >= 0.6 is 0 Å². The summed E-state index contributed by atoms with van der Waals surface area (Å²) in [6, 6.07) is 6.82. The first-order chi connectivity index (χ1) is 9.82. The largest absolute Gasteiger partial charge is 0.451 e. The van der Waals surface area contributed by atoms with Crippen LogP contribution in [0.1, 0.15) is 5.82 Å². The Balaban J connectivity index is 2.51. The van der Waals surface area contributed by atoms with Crippen molar-refractivity contribution in [1.82, 2.24) is 9.97 Å². The second-order valence-corrected chi connectivity index (χ2v) is 4.09. The number of hydrogen-bond acceptors (Lipinski definition) is 5. The van der Waals surface area contributed by atoms with Crippen LogP contribution in [0.4, 0.5) is 34.9 Å². The first-order valence-corrected chi connectivity index (χ1v) is 5.74. The van der Waals surface area contributed by atoms with Gasteiger partial charge >= 0.3 is 6.18 Å². The number of halogens is 4. The van der Waals surface area contributed by atoms with Crippen molar-refractivity contribution < 1.29 is 17.6 Å². The van der Waals surface area contributed by atoms with Gasteiger partial charge in [0.1, 0.15) is 17.5 Å². The summed E-state index contributed by atoms with van der Waals surface area (Å²) >= 11 is 0. The van der Waals surface area contributed by atoms with Crippen LogP contribution in [0.2, 0.25) is 0 Å². The van der Waals surface area contributed by atoms with E-state index >= 15 is 0 Å². The number of hydrazine groups is 1. The van der Waals surface area contributed by atoms with Gasteiger partial charge < -0.3 is 10.3 Å². The highest BCUT2D eigenvalue weighted by atomic mass is 19.4. The molecule has 1 aromatic carbocycles. The SMILES string of the molecule is CN(c1cc(NN)nc(C(F)(F)F)n1)c1ccccc1F. The van der Waals surface area contributed by atoms with Crippen molar-refractivity contribution in [3.05, 3.63) is 42.0 Å². The first kappa shape index (κ1) is 15.0. The summed E-state index contributed by atoms with van der Waals surface area (Å²) in [5.41, 5.74) is 2.11. The van der Waals surface area contributed by atoms with E-state index in [4.69, 9.17) is 5.84 Å². The lowest BCUT2D eigenvalue weighted by Crippen LogP contribution is -2.20. The zero-order chi connectivity index (χ0) is 15.6. The maximum absolute atomic E-state index is 13.7. The molecular weight excluding hydrogens is 290 g/mol. The quantitative estimate of drug-likeness (QED) is 0.518. The number of nitrogens with two attached hydrogens (primary N) is 1. The lowest BCUT2D eigenvalue weighted by Gasteiger charge is -2.20. The number of anilines is 3. The number of rotatable bonds is 3. The third kappa shape index (κ3) is 3.19. The van der Waals surface area contributed by atoms with Crippen LogP contribution in [0.15, 0.2) is 30.3 Å². The Morgan fingerprint density at radius 3 is 2.43 bits per heavy atom. The molecule has 112 valence electrons. The summed E-state index contributed by atoms with van der Waals surface area (Å²) in [5.74, 6) is 2.78. The fourth-order valence-electron chi connectivity index (χ4n) is 1.65. The lowest BCUT2D eigenvalue weighted by molar-refractivity contribution is -0.144. The predicted octanol–water partition coefficient (Wildman–Crippen LogP) is 2.69. The van der Waals surface area contributed by atoms with E-state index in [1.807, 2.05) is 5.43 Å². The molecule has 1 heterocycles. The normalized spacial score (nSPS) is 11.3. The van der Waals surface area contributed by atoms with E-state index in [0.29, 0.717) is 0 Å². The Morgan fingerprint density at radius 2 is 1.86 bits per heavy atom. The molecule has 0 saturated heterocycles. The number of benzene rings is 1. The Hall–Kier alpha value is -2.42. The molecule has 2 rings (SSSR count). The number of nitrogens with zero attached hydrogens (tertiary/aromatic N) is 3. The monoisotopic (exact) mass is 301 g/mol. The van der Waals surface area contributed by atoms with E-state index in [0.717, 1.165) is 0 Å². The molecule has 0 amide bonds. The molecule has 0 spiro atoms. The standard InChI is InChI=1S/C12H11F4N5/c1-21(8-5-3-2-4-7(8)13)10-6-9(20-17)18-11(19-10)12(14,15)16/h2-6H,17H2,1H3,(H,18,19,20). The molecular formula is C12H11F4N5. The molecule has 0 atom stereocenters. The maximum Gasteiger partial charge on any atom is 0.451 e. The van der Waals surface area contributed by atoms with Crippen molar-refractivity contribution >= 4 is 17.3 Å². The zero-order valence-electron chi connectivity index (χ0n) is 10.8. The minimum Gasteiger partial charge on any atom is -0.327 e. The third-order valence-electron chi connectivity index (χ3n) is 2.67. The smallest absolute Gasteiger partial charge is 0.327 e. The Labute approximate surface area is 117 Å². The van der Waals surface area contributed by atoms with Gasteiger partial charge in [0.15, 0.2) is 0 Å². The number of aromatic nitrogens is 2. The number of nitrogens with one attached hydrogen (secondary N) is 1. The van der Waals surface area contributed by atoms with Gasteiger partial charge in [0.2, 0.25) is 5.82 Å². The average Bonchev–Trinajstić information content (AvgIpc) is 2.45. The summed E-state index contributed by atoms with van der Waals surface area (Å²) in [6.07, 6.45) is -4.74. The highest BCUT2D eigenvalue weighted by Crippen LogP contribution is 2.31. The molecule has 2 aromatic rings. The van der Waals surface area contributed by atoms with Crippen molar-refractivity contribution in [2.75, 3.05) is 17.4 Å². The molecule has 0 aliphatic carbocycles. The highest BCUT2D eigenvalue weighted by molar-refractivity contribution is 5.62. The van der Waals surface area contributed by atoms with Gasteiger partial charge in [-0.3, -0.25) is 0 Å². The van der Waals surface area contributed by atoms with Crippen LogP contribution in [0, 0.1) is 5.82 Å². The second-order valence-electron chi connectivity index (χ2n) is 4.09. The van der Waals surface area contributed by atoms with Crippen molar-refractivity contribution in [3.63, 3.8) is 0 Å². The molecule has 0 radical (unpaired) electrons. The van der Waals surface area contributed by atoms with Crippen LogP contribution < -0.4 is 16.2 Å². The molecule has 9 heteroatoms. The maximum atomic E-state index is 13.7. The summed E-state index contributed by atoms with van der Waals surface area (Å²) in [7, 11) is 1.39. The van der Waals surface area contributed by atoms with Crippen LogP contribution in [0.5, 0.6) is 0 Å². The van der Waals surface area contributed by atoms with Crippen LogP contribution in [0.3, 0.4) is 0 Å². The fourth-order valence-corrected chi connectivity index (χ4v) is 1.65. The van der Waals surface area contributed by atoms with Gasteiger partial charge in [-0.05, 0) is 12.1 Å². The summed E-state index contributed by atoms with van der Waals surface area (Å²) in [6.45, 7) is 0. The molecule has 0 fully saturated rings. The van der Waals surface area contributed by atoms with Gasteiger partial charge in [0, 0.05) is 13.1 Å². The molecule has 0 aliphatic rings. The first-order valence-electron chi connectivity index (χ1n) is 5.74. The average molecular weight is 301 g/mol. The van der Waals surface area contributed by atoms with Crippen molar-refractivity contribution in [2.24, 2.45) is 5.84 Å². The van der Waals surface area contributed by atoms with Crippen molar-refractivity contribution in [2.45, 2.75) is 6.18 Å². The fraction of sp³-hybridized carbons (Fsp3) is 0.167. The Kier molecular flexibility index (Phi) is 3.94. The van der Waals surface area contributed by atoms with E-state index in [1.54, 1.807) is 6.07 Å². The minimum absolute atomic E-state index is 0.0762. The summed E-state index contributed by atoms with van der Waals surface area (Å²) in [4.78, 5) is 7.80. The van der Waals surface area contributed by atoms with Gasteiger partial charge in [0.25, 0.3) is 0 Å². The van der Waals surface area contributed by atoms with E-state index < -0.39 is 17.8 Å². The topological polar surface area (TPSA) is 67.1 Å². The van der Waals surface area contributed by atoms with Gasteiger partial charge in [-0.15, -0.1) is 0 Å². The van der Waals surface area contributed by atoms with E-state index in [-0.39, 0.29) is 17.3 Å². The summed E-state index contributed by atoms with van der Waals surface area (Å²) < 4.78 is 51.9. The van der Waals surface area contributed by atoms with Gasteiger partial charge in [0.05, 0.1) is 5.69 Å². The van der Waals surface area contributed by atoms with Gasteiger partial charge in [-0.25, -0.2) is 20.2 Å². The van der Waals surface area contributed by atoms with Crippen LogP contribution in [0.25, 0.3) is 0 Å². The number of para-hydroxylation sites is 1. The second kappa shape index (κ2) is 5.52. The molecule has 3 N–H and O–H groups in total. The molecule has 5 nitrogen and oxygen atoms in total. The molecule has 21 heavy (non-hydrogen) atoms. The number of alkyl halides is 3. The van der Waals surface area contributed by atoms with Crippen molar-refractivity contribution in [3.8, 4) is 0 Å².